The number of hydrogen-bond acceptors (Lipinski definition) is 5. The number of methoxy groups -OCH3 is 2. The Balaban J connectivity index is 3.17. The van der Waals surface area contributed by atoms with Crippen LogP contribution in [0.1, 0.15) is 12.8 Å². The zero-order valence-electron chi connectivity index (χ0n) is 7.96. The third-order valence-corrected chi connectivity index (χ3v) is 1.47. The van der Waals surface area contributed by atoms with Crippen LogP contribution in [0.15, 0.2) is 0 Å². The molecule has 0 fully saturated rings. The van der Waals surface area contributed by atoms with Gasteiger partial charge in [0.1, 0.15) is 0 Å². The Labute approximate surface area is 77.4 Å². The second-order valence-electron chi connectivity index (χ2n) is 2.40. The summed E-state index contributed by atoms with van der Waals surface area (Å²) < 4.78 is 8.86. The minimum atomic E-state index is -0.259. The van der Waals surface area contributed by atoms with E-state index in [0.29, 0.717) is 25.9 Å². The van der Waals surface area contributed by atoms with Gasteiger partial charge in [0.2, 0.25) is 0 Å². The van der Waals surface area contributed by atoms with E-state index in [1.165, 1.54) is 14.2 Å². The van der Waals surface area contributed by atoms with Crippen LogP contribution in [-0.4, -0.2) is 39.2 Å². The lowest BCUT2D eigenvalue weighted by molar-refractivity contribution is -0.140. The maximum Gasteiger partial charge on any atom is 0.306 e. The second-order valence-corrected chi connectivity index (χ2v) is 2.40. The van der Waals surface area contributed by atoms with Crippen molar-refractivity contribution in [2.45, 2.75) is 12.8 Å². The summed E-state index contributed by atoms with van der Waals surface area (Å²) in [5.41, 5.74) is 0. The van der Waals surface area contributed by atoms with Gasteiger partial charge < -0.3 is 14.8 Å². The maximum atomic E-state index is 10.6. The number of carbonyl (C=O) groups excluding carboxylic acids is 2. The highest BCUT2D eigenvalue weighted by atomic mass is 16.5. The molecule has 13 heavy (non-hydrogen) atoms. The van der Waals surface area contributed by atoms with Crippen molar-refractivity contribution in [3.8, 4) is 0 Å². The van der Waals surface area contributed by atoms with Gasteiger partial charge in [-0.1, -0.05) is 0 Å². The first kappa shape index (κ1) is 11.9. The molecule has 0 spiro atoms. The summed E-state index contributed by atoms with van der Waals surface area (Å²) in [6.07, 6.45) is 0.634. The molecule has 5 heteroatoms. The highest BCUT2D eigenvalue weighted by molar-refractivity contribution is 5.70. The van der Waals surface area contributed by atoms with Gasteiger partial charge in [0.15, 0.2) is 0 Å². The summed E-state index contributed by atoms with van der Waals surface area (Å²) >= 11 is 0. The fraction of sp³-hybridized carbons (Fsp3) is 0.750. The fourth-order valence-electron chi connectivity index (χ4n) is 0.710. The number of esters is 2. The molecule has 1 N–H and O–H groups in total. The minimum Gasteiger partial charge on any atom is -0.469 e. The third kappa shape index (κ3) is 7.27. The standard InChI is InChI=1S/C8H15NO4/c1-12-7(10)3-5-9-6-4-8(11)13-2/h9H,3-6H2,1-2H3. The van der Waals surface area contributed by atoms with Crippen molar-refractivity contribution in [3.63, 3.8) is 0 Å². The van der Waals surface area contributed by atoms with Crippen molar-refractivity contribution < 1.29 is 19.1 Å². The number of rotatable bonds is 6. The lowest BCUT2D eigenvalue weighted by Gasteiger charge is -2.02. The lowest BCUT2D eigenvalue weighted by Crippen LogP contribution is -2.22. The van der Waals surface area contributed by atoms with Crippen LogP contribution in [0.5, 0.6) is 0 Å². The molecule has 0 amide bonds. The summed E-state index contributed by atoms with van der Waals surface area (Å²) in [7, 11) is 2.69. The SMILES string of the molecule is COC(=O)CCNCCC(=O)OC. The number of ether oxygens (including phenoxy) is 2. The third-order valence-electron chi connectivity index (χ3n) is 1.47. The van der Waals surface area contributed by atoms with Crippen LogP contribution >= 0.6 is 0 Å². The smallest absolute Gasteiger partial charge is 0.306 e. The van der Waals surface area contributed by atoms with Gasteiger partial charge in [0.05, 0.1) is 27.1 Å². The van der Waals surface area contributed by atoms with Crippen molar-refractivity contribution in [2.24, 2.45) is 0 Å². The first-order valence-electron chi connectivity index (χ1n) is 4.05. The van der Waals surface area contributed by atoms with Crippen LogP contribution in [0, 0.1) is 0 Å². The average Bonchev–Trinajstić information content (AvgIpc) is 2.16. The van der Waals surface area contributed by atoms with Crippen molar-refractivity contribution in [2.75, 3.05) is 27.3 Å². The molecule has 0 aliphatic heterocycles. The Morgan fingerprint density at radius 3 is 1.69 bits per heavy atom. The highest BCUT2D eigenvalue weighted by Crippen LogP contribution is 1.84. The van der Waals surface area contributed by atoms with Gasteiger partial charge in [-0.25, -0.2) is 0 Å². The minimum absolute atomic E-state index is 0.259. The van der Waals surface area contributed by atoms with E-state index in [1.807, 2.05) is 0 Å². The molecule has 0 saturated heterocycles. The molecule has 5 nitrogen and oxygen atoms in total. The Hall–Kier alpha value is -1.10. The summed E-state index contributed by atoms with van der Waals surface area (Å²) in [6, 6.07) is 0. The molecule has 0 aliphatic rings. The molecule has 0 aromatic heterocycles. The Morgan fingerprint density at radius 2 is 1.38 bits per heavy atom. The van der Waals surface area contributed by atoms with Crippen molar-refractivity contribution >= 4 is 11.9 Å². The first-order valence-corrected chi connectivity index (χ1v) is 4.05. The van der Waals surface area contributed by atoms with E-state index in [4.69, 9.17) is 0 Å². The molecule has 0 atom stereocenters. The topological polar surface area (TPSA) is 64.6 Å². The molecule has 0 bridgehead atoms. The molecule has 0 aromatic carbocycles. The molecule has 0 saturated carbocycles. The number of nitrogens with one attached hydrogen (secondary N) is 1. The normalized spacial score (nSPS) is 9.38. The van der Waals surface area contributed by atoms with E-state index in [0.717, 1.165) is 0 Å². The van der Waals surface area contributed by atoms with Crippen LogP contribution in [0.2, 0.25) is 0 Å². The Kier molecular flexibility index (Phi) is 6.91. The molecular formula is C8H15NO4. The van der Waals surface area contributed by atoms with E-state index in [2.05, 4.69) is 14.8 Å². The van der Waals surface area contributed by atoms with Gasteiger partial charge in [0, 0.05) is 13.1 Å². The van der Waals surface area contributed by atoms with Crippen LogP contribution in [0.3, 0.4) is 0 Å². The Morgan fingerprint density at radius 1 is 1.00 bits per heavy atom. The maximum absolute atomic E-state index is 10.6. The molecule has 0 aliphatic carbocycles. The molecule has 76 valence electrons. The van der Waals surface area contributed by atoms with Crippen LogP contribution in [0.4, 0.5) is 0 Å². The van der Waals surface area contributed by atoms with Crippen LogP contribution in [0.25, 0.3) is 0 Å². The lowest BCUT2D eigenvalue weighted by atomic mass is 10.4. The van der Waals surface area contributed by atoms with Crippen molar-refractivity contribution in [1.82, 2.24) is 5.32 Å². The second kappa shape index (κ2) is 7.54. The van der Waals surface area contributed by atoms with Crippen molar-refractivity contribution in [1.29, 1.82) is 0 Å². The molecule has 0 aromatic rings. The molecule has 0 radical (unpaired) electrons. The van der Waals surface area contributed by atoms with Crippen molar-refractivity contribution in [3.05, 3.63) is 0 Å². The Bertz CT molecular complexity index is 152. The van der Waals surface area contributed by atoms with E-state index in [-0.39, 0.29) is 11.9 Å². The molecule has 0 heterocycles. The average molecular weight is 189 g/mol. The van der Waals surface area contributed by atoms with Gasteiger partial charge in [-0.3, -0.25) is 9.59 Å². The van der Waals surface area contributed by atoms with Gasteiger partial charge in [0.25, 0.3) is 0 Å². The van der Waals surface area contributed by atoms with Crippen LogP contribution in [-0.2, 0) is 19.1 Å². The predicted octanol–water partition coefficient (Wildman–Crippen LogP) is -0.298. The molecule has 0 rings (SSSR count). The van der Waals surface area contributed by atoms with Crippen LogP contribution < -0.4 is 5.32 Å². The zero-order valence-corrected chi connectivity index (χ0v) is 7.96. The fourth-order valence-corrected chi connectivity index (χ4v) is 0.710. The van der Waals surface area contributed by atoms with Gasteiger partial charge in [-0.2, -0.15) is 0 Å². The largest absolute Gasteiger partial charge is 0.469 e. The predicted molar refractivity (Wildman–Crippen MR) is 46.1 cm³/mol. The van der Waals surface area contributed by atoms with E-state index in [9.17, 15) is 9.59 Å². The summed E-state index contributed by atoms with van der Waals surface area (Å²) in [4.78, 5) is 21.2. The highest BCUT2D eigenvalue weighted by Gasteiger charge is 2.00. The quantitative estimate of drug-likeness (QED) is 0.459. The van der Waals surface area contributed by atoms with E-state index >= 15 is 0 Å². The van der Waals surface area contributed by atoms with Gasteiger partial charge >= 0.3 is 11.9 Å². The molecule has 0 unspecified atom stereocenters. The van der Waals surface area contributed by atoms with Gasteiger partial charge in [-0.05, 0) is 0 Å². The van der Waals surface area contributed by atoms with E-state index < -0.39 is 0 Å². The number of hydrogen-bond donors (Lipinski definition) is 1. The monoisotopic (exact) mass is 189 g/mol. The first-order chi connectivity index (χ1) is 6.20. The summed E-state index contributed by atoms with van der Waals surface area (Å²) in [6.45, 7) is 1.04. The summed E-state index contributed by atoms with van der Waals surface area (Å²) in [5, 5.41) is 2.91. The molecular weight excluding hydrogens is 174 g/mol. The van der Waals surface area contributed by atoms with Gasteiger partial charge in [-0.15, -0.1) is 0 Å². The number of carbonyl (C=O) groups is 2. The summed E-state index contributed by atoms with van der Waals surface area (Å²) in [5.74, 6) is -0.517. The zero-order chi connectivity index (χ0) is 10.1. The van der Waals surface area contributed by atoms with E-state index in [1.54, 1.807) is 0 Å².